The number of nitrogens with one attached hydrogen (secondary N) is 1. The van der Waals surface area contributed by atoms with Crippen LogP contribution in [0.1, 0.15) is 5.69 Å². The molecule has 1 saturated heterocycles. The van der Waals surface area contributed by atoms with Crippen LogP contribution in [0, 0.1) is 6.92 Å². The van der Waals surface area contributed by atoms with Gasteiger partial charge >= 0.3 is 0 Å². The summed E-state index contributed by atoms with van der Waals surface area (Å²) in [5.74, 6) is 0.914. The molecule has 0 saturated carbocycles. The summed E-state index contributed by atoms with van der Waals surface area (Å²) in [6, 6.07) is 18.7. The van der Waals surface area contributed by atoms with Gasteiger partial charge in [0.05, 0.1) is 18.1 Å². The molecular formula is C25H25N5O3S. The van der Waals surface area contributed by atoms with Crippen molar-refractivity contribution in [3.8, 4) is 33.5 Å². The third kappa shape index (κ3) is 4.45. The number of nitrogens with zero attached hydrogens (tertiary/aromatic N) is 3. The molecule has 8 nitrogen and oxygen atoms in total. The van der Waals surface area contributed by atoms with Crippen LogP contribution in [0.3, 0.4) is 0 Å². The van der Waals surface area contributed by atoms with Crippen molar-refractivity contribution < 1.29 is 13.2 Å². The monoisotopic (exact) mass is 475 g/mol. The molecule has 4 aromatic rings. The number of aryl methyl sites for hydroxylation is 1. The number of rotatable bonds is 5. The predicted molar refractivity (Wildman–Crippen MR) is 132 cm³/mol. The summed E-state index contributed by atoms with van der Waals surface area (Å²) in [7, 11) is -3.76. The van der Waals surface area contributed by atoms with Crippen LogP contribution in [0.5, 0.6) is 0 Å². The third-order valence-electron chi connectivity index (χ3n) is 5.97. The molecule has 3 heterocycles. The van der Waals surface area contributed by atoms with Gasteiger partial charge in [-0.25, -0.2) is 18.5 Å². The van der Waals surface area contributed by atoms with Crippen molar-refractivity contribution in [2.75, 3.05) is 31.2 Å². The molecule has 2 aromatic heterocycles. The van der Waals surface area contributed by atoms with E-state index in [9.17, 15) is 8.42 Å². The van der Waals surface area contributed by atoms with Crippen LogP contribution >= 0.6 is 0 Å². The molecule has 0 aliphatic carbocycles. The van der Waals surface area contributed by atoms with Gasteiger partial charge in [0.25, 0.3) is 0 Å². The highest BCUT2D eigenvalue weighted by Crippen LogP contribution is 2.35. The van der Waals surface area contributed by atoms with Crippen LogP contribution in [0.2, 0.25) is 0 Å². The van der Waals surface area contributed by atoms with Gasteiger partial charge in [0.2, 0.25) is 10.0 Å². The fraction of sp³-hybridized carbons (Fsp3) is 0.200. The topological polar surface area (TPSA) is 114 Å². The van der Waals surface area contributed by atoms with Crippen molar-refractivity contribution in [2.45, 2.75) is 11.8 Å². The molecule has 1 aliphatic rings. The normalized spacial score (nSPS) is 14.4. The Morgan fingerprint density at radius 3 is 2.41 bits per heavy atom. The number of sulfonamides is 1. The first-order valence-electron chi connectivity index (χ1n) is 11.0. The quantitative estimate of drug-likeness (QED) is 0.456. The van der Waals surface area contributed by atoms with E-state index in [-0.39, 0.29) is 4.90 Å². The molecular weight excluding hydrogens is 450 g/mol. The van der Waals surface area contributed by atoms with E-state index in [1.807, 2.05) is 49.5 Å². The van der Waals surface area contributed by atoms with Gasteiger partial charge in [-0.2, -0.15) is 5.10 Å². The van der Waals surface area contributed by atoms with Gasteiger partial charge < -0.3 is 9.64 Å². The molecule has 0 atom stereocenters. The van der Waals surface area contributed by atoms with E-state index in [0.29, 0.717) is 13.2 Å². The second kappa shape index (κ2) is 9.02. The summed E-state index contributed by atoms with van der Waals surface area (Å²) < 4.78 is 28.9. The molecule has 34 heavy (non-hydrogen) atoms. The molecule has 3 N–H and O–H groups in total. The number of hydrogen-bond acceptors (Lipinski definition) is 6. The number of hydrogen-bond donors (Lipinski definition) is 2. The second-order valence-electron chi connectivity index (χ2n) is 8.22. The van der Waals surface area contributed by atoms with E-state index < -0.39 is 10.0 Å². The molecule has 0 spiro atoms. The van der Waals surface area contributed by atoms with Crippen LogP contribution in [-0.4, -0.2) is 49.9 Å². The highest BCUT2D eigenvalue weighted by atomic mass is 32.2. The Kier molecular flexibility index (Phi) is 5.91. The Labute approximate surface area is 198 Å². The van der Waals surface area contributed by atoms with Crippen molar-refractivity contribution in [1.82, 2.24) is 15.2 Å². The summed E-state index contributed by atoms with van der Waals surface area (Å²) in [4.78, 5) is 6.86. The van der Waals surface area contributed by atoms with Gasteiger partial charge in [0, 0.05) is 36.1 Å². The lowest BCUT2D eigenvalue weighted by atomic mass is 9.97. The summed E-state index contributed by atoms with van der Waals surface area (Å²) >= 11 is 0. The molecule has 0 unspecified atom stereocenters. The maximum absolute atomic E-state index is 11.7. The molecule has 9 heteroatoms. The SMILES string of the molecule is Cc1[nH]nc(-c2ccnc(N3CCOCC3)c2)c1-c1ccc(-c2cccc(S(N)(=O)=O)c2)cc1. The molecule has 2 aromatic carbocycles. The number of morpholine rings is 1. The highest BCUT2D eigenvalue weighted by Gasteiger charge is 2.18. The zero-order chi connectivity index (χ0) is 23.7. The predicted octanol–water partition coefficient (Wildman–Crippen LogP) is 3.60. The number of primary sulfonamides is 1. The number of aromatic nitrogens is 3. The van der Waals surface area contributed by atoms with E-state index in [0.717, 1.165) is 58.1 Å². The average Bonchev–Trinajstić information content (AvgIpc) is 3.25. The number of aromatic amines is 1. The Morgan fingerprint density at radius 1 is 0.941 bits per heavy atom. The summed E-state index contributed by atoms with van der Waals surface area (Å²) in [5.41, 5.74) is 6.52. The van der Waals surface area contributed by atoms with Crippen molar-refractivity contribution in [2.24, 2.45) is 5.14 Å². The maximum Gasteiger partial charge on any atom is 0.238 e. The van der Waals surface area contributed by atoms with Crippen LogP contribution < -0.4 is 10.0 Å². The van der Waals surface area contributed by atoms with Gasteiger partial charge in [-0.05, 0) is 47.9 Å². The van der Waals surface area contributed by atoms with Gasteiger partial charge in [-0.15, -0.1) is 0 Å². The van der Waals surface area contributed by atoms with E-state index in [2.05, 4.69) is 26.1 Å². The number of H-pyrrole nitrogens is 1. The lowest BCUT2D eigenvalue weighted by Crippen LogP contribution is -2.36. The summed E-state index contributed by atoms with van der Waals surface area (Å²) in [6.45, 7) is 5.03. The Morgan fingerprint density at radius 2 is 1.68 bits per heavy atom. The van der Waals surface area contributed by atoms with Crippen LogP contribution in [-0.2, 0) is 14.8 Å². The van der Waals surface area contributed by atoms with E-state index in [1.54, 1.807) is 12.1 Å². The Bertz CT molecular complexity index is 1430. The molecule has 1 aliphatic heterocycles. The molecule has 174 valence electrons. The van der Waals surface area contributed by atoms with Crippen LogP contribution in [0.15, 0.2) is 71.8 Å². The first-order valence-corrected chi connectivity index (χ1v) is 12.5. The summed E-state index contributed by atoms with van der Waals surface area (Å²) in [6.07, 6.45) is 1.81. The number of anilines is 1. The van der Waals surface area contributed by atoms with Crippen LogP contribution in [0.4, 0.5) is 5.82 Å². The molecule has 0 radical (unpaired) electrons. The fourth-order valence-electron chi connectivity index (χ4n) is 4.20. The first-order chi connectivity index (χ1) is 16.4. The first kappa shape index (κ1) is 22.3. The molecule has 0 amide bonds. The largest absolute Gasteiger partial charge is 0.378 e. The Hall–Kier alpha value is -3.53. The number of benzene rings is 2. The molecule has 5 rings (SSSR count). The number of nitrogens with two attached hydrogens (primary N) is 1. The zero-order valence-electron chi connectivity index (χ0n) is 18.7. The van der Waals surface area contributed by atoms with Gasteiger partial charge in [-0.3, -0.25) is 5.10 Å². The van der Waals surface area contributed by atoms with E-state index >= 15 is 0 Å². The molecule has 1 fully saturated rings. The maximum atomic E-state index is 11.7. The number of ether oxygens (including phenoxy) is 1. The van der Waals surface area contributed by atoms with Gasteiger partial charge in [0.15, 0.2) is 0 Å². The highest BCUT2D eigenvalue weighted by molar-refractivity contribution is 7.89. The second-order valence-corrected chi connectivity index (χ2v) is 9.79. The van der Waals surface area contributed by atoms with Crippen molar-refractivity contribution in [3.05, 3.63) is 72.6 Å². The molecule has 0 bridgehead atoms. The van der Waals surface area contributed by atoms with Crippen molar-refractivity contribution >= 4 is 15.8 Å². The van der Waals surface area contributed by atoms with Gasteiger partial charge in [-0.1, -0.05) is 36.4 Å². The minimum absolute atomic E-state index is 0.0933. The lowest BCUT2D eigenvalue weighted by Gasteiger charge is -2.27. The third-order valence-corrected chi connectivity index (χ3v) is 6.88. The van der Waals surface area contributed by atoms with Crippen molar-refractivity contribution in [3.63, 3.8) is 0 Å². The van der Waals surface area contributed by atoms with E-state index in [1.165, 1.54) is 6.07 Å². The summed E-state index contributed by atoms with van der Waals surface area (Å²) in [5, 5.41) is 13.0. The average molecular weight is 476 g/mol. The minimum atomic E-state index is -3.76. The van der Waals surface area contributed by atoms with Gasteiger partial charge in [0.1, 0.15) is 11.5 Å². The smallest absolute Gasteiger partial charge is 0.238 e. The van der Waals surface area contributed by atoms with Crippen molar-refractivity contribution in [1.29, 1.82) is 0 Å². The fourth-order valence-corrected chi connectivity index (χ4v) is 4.76. The standard InChI is InChI=1S/C25H25N5O3S/c1-17-24(19-7-5-18(6-8-19)20-3-2-4-22(15-20)34(26,31)32)25(29-28-17)21-9-10-27-23(16-21)30-11-13-33-14-12-30/h2-10,15-16H,11-14H2,1H3,(H,28,29)(H2,26,31,32). The van der Waals surface area contributed by atoms with E-state index in [4.69, 9.17) is 9.88 Å². The van der Waals surface area contributed by atoms with Crippen LogP contribution in [0.25, 0.3) is 33.5 Å². The minimum Gasteiger partial charge on any atom is -0.378 e. The Balaban J connectivity index is 1.48. The lowest BCUT2D eigenvalue weighted by molar-refractivity contribution is 0.122. The number of pyridine rings is 1. The zero-order valence-corrected chi connectivity index (χ0v) is 19.5.